The van der Waals surface area contributed by atoms with Crippen molar-refractivity contribution in [2.75, 3.05) is 27.2 Å². The van der Waals surface area contributed by atoms with Crippen molar-refractivity contribution in [2.24, 2.45) is 5.41 Å². The molecule has 4 rings (SSSR count). The maximum atomic E-state index is 13.5. The second kappa shape index (κ2) is 9.66. The summed E-state index contributed by atoms with van der Waals surface area (Å²) >= 11 is 0. The molecule has 4 nitrogen and oxygen atoms in total. The first-order valence-electron chi connectivity index (χ1n) is 11.5. The highest BCUT2D eigenvalue weighted by molar-refractivity contribution is 5.83. The van der Waals surface area contributed by atoms with E-state index in [2.05, 4.69) is 71.4 Å². The van der Waals surface area contributed by atoms with Crippen molar-refractivity contribution in [3.63, 3.8) is 0 Å². The van der Waals surface area contributed by atoms with Gasteiger partial charge in [0, 0.05) is 38.6 Å². The Balaban J connectivity index is 1.57. The van der Waals surface area contributed by atoms with Crippen molar-refractivity contribution in [2.45, 2.75) is 32.7 Å². The van der Waals surface area contributed by atoms with E-state index in [9.17, 15) is 4.79 Å². The topological polar surface area (TPSA) is 36.4 Å². The van der Waals surface area contributed by atoms with Crippen LogP contribution in [0.25, 0.3) is 11.1 Å². The number of aryl methyl sites for hydroxylation is 1. The maximum Gasteiger partial charge on any atom is 0.228 e. The second-order valence-electron chi connectivity index (χ2n) is 9.26. The predicted octanol–water partition coefficient (Wildman–Crippen LogP) is 4.97. The molecule has 0 aliphatic carbocycles. The molecule has 0 spiro atoms. The SMILES string of the molecule is Cc1ccccc1CN1CCC(Cc2ccccc2-c2cccnc2)(C(=O)N(C)C)CC1. The number of pyridine rings is 1. The fourth-order valence-corrected chi connectivity index (χ4v) is 4.95. The smallest absolute Gasteiger partial charge is 0.228 e. The van der Waals surface area contributed by atoms with E-state index >= 15 is 0 Å². The van der Waals surface area contributed by atoms with E-state index in [-0.39, 0.29) is 11.3 Å². The standard InChI is InChI=1S/C28H33N3O/c1-22-9-4-5-11-25(22)21-31-17-14-28(15-18-31,27(32)30(2)3)19-23-10-6-7-13-26(23)24-12-8-16-29-20-24/h4-13,16,20H,14-15,17-19,21H2,1-3H3. The van der Waals surface area contributed by atoms with Crippen LogP contribution in [0, 0.1) is 12.3 Å². The molecule has 0 bridgehead atoms. The molecule has 1 aliphatic heterocycles. The van der Waals surface area contributed by atoms with Crippen LogP contribution >= 0.6 is 0 Å². The number of carbonyl (C=O) groups is 1. The normalized spacial score (nSPS) is 16.0. The average Bonchev–Trinajstić information content (AvgIpc) is 2.82. The molecule has 0 atom stereocenters. The molecule has 1 fully saturated rings. The zero-order valence-electron chi connectivity index (χ0n) is 19.4. The van der Waals surface area contributed by atoms with Crippen molar-refractivity contribution in [3.8, 4) is 11.1 Å². The van der Waals surface area contributed by atoms with Gasteiger partial charge in [0.15, 0.2) is 0 Å². The number of benzene rings is 2. The van der Waals surface area contributed by atoms with Crippen LogP contribution in [0.1, 0.15) is 29.5 Å². The molecule has 166 valence electrons. The average molecular weight is 428 g/mol. The van der Waals surface area contributed by atoms with Crippen molar-refractivity contribution >= 4 is 5.91 Å². The van der Waals surface area contributed by atoms with Crippen LogP contribution in [0.15, 0.2) is 73.1 Å². The number of likely N-dealkylation sites (tertiary alicyclic amines) is 1. The van der Waals surface area contributed by atoms with Gasteiger partial charge in [-0.2, -0.15) is 0 Å². The number of carbonyl (C=O) groups excluding carboxylic acids is 1. The van der Waals surface area contributed by atoms with Crippen molar-refractivity contribution < 1.29 is 4.79 Å². The first-order valence-corrected chi connectivity index (χ1v) is 11.5. The minimum atomic E-state index is -0.371. The molecule has 1 aliphatic rings. The number of hydrogen-bond acceptors (Lipinski definition) is 3. The van der Waals surface area contributed by atoms with Crippen LogP contribution in [0.2, 0.25) is 0 Å². The van der Waals surface area contributed by atoms with Gasteiger partial charge in [-0.15, -0.1) is 0 Å². The van der Waals surface area contributed by atoms with Gasteiger partial charge in [0.05, 0.1) is 5.41 Å². The lowest BCUT2D eigenvalue weighted by molar-refractivity contribution is -0.142. The molecule has 4 heteroatoms. The Kier molecular flexibility index (Phi) is 6.71. The molecule has 0 N–H and O–H groups in total. The minimum absolute atomic E-state index is 0.244. The first-order chi connectivity index (χ1) is 15.5. The quantitative estimate of drug-likeness (QED) is 0.557. The summed E-state index contributed by atoms with van der Waals surface area (Å²) in [5.41, 5.74) is 5.84. The number of hydrogen-bond donors (Lipinski definition) is 0. The molecule has 1 amide bonds. The van der Waals surface area contributed by atoms with E-state index in [1.165, 1.54) is 22.3 Å². The van der Waals surface area contributed by atoms with Crippen LogP contribution in [0.5, 0.6) is 0 Å². The van der Waals surface area contributed by atoms with Crippen molar-refractivity contribution in [3.05, 3.63) is 89.7 Å². The zero-order valence-corrected chi connectivity index (χ0v) is 19.4. The molecule has 0 unspecified atom stereocenters. The van der Waals surface area contributed by atoms with Crippen LogP contribution in [-0.4, -0.2) is 47.9 Å². The molecule has 3 aromatic rings. The van der Waals surface area contributed by atoms with Gasteiger partial charge >= 0.3 is 0 Å². The summed E-state index contributed by atoms with van der Waals surface area (Å²) in [6.07, 6.45) is 6.21. The maximum absolute atomic E-state index is 13.5. The Bertz CT molecular complexity index is 1050. The van der Waals surface area contributed by atoms with E-state index in [1.807, 2.05) is 26.4 Å². The van der Waals surface area contributed by atoms with Gasteiger partial charge < -0.3 is 4.90 Å². The molecule has 0 radical (unpaired) electrons. The first kappa shape index (κ1) is 22.2. The van der Waals surface area contributed by atoms with Gasteiger partial charge in [0.2, 0.25) is 5.91 Å². The summed E-state index contributed by atoms with van der Waals surface area (Å²) in [7, 11) is 3.77. The largest absolute Gasteiger partial charge is 0.348 e. The Hall–Kier alpha value is -2.98. The van der Waals surface area contributed by atoms with Gasteiger partial charge in [-0.1, -0.05) is 54.6 Å². The fourth-order valence-electron chi connectivity index (χ4n) is 4.95. The van der Waals surface area contributed by atoms with Crippen molar-refractivity contribution in [1.82, 2.24) is 14.8 Å². The Morgan fingerprint density at radius 3 is 2.31 bits per heavy atom. The van der Waals surface area contributed by atoms with E-state index in [1.54, 1.807) is 11.1 Å². The molecule has 1 aromatic heterocycles. The van der Waals surface area contributed by atoms with Gasteiger partial charge in [-0.25, -0.2) is 0 Å². The van der Waals surface area contributed by atoms with Crippen LogP contribution in [0.4, 0.5) is 0 Å². The fraction of sp³-hybridized carbons (Fsp3) is 0.357. The van der Waals surface area contributed by atoms with E-state index in [0.29, 0.717) is 0 Å². The summed E-state index contributed by atoms with van der Waals surface area (Å²) in [6, 6.07) is 21.1. The van der Waals surface area contributed by atoms with Crippen LogP contribution < -0.4 is 0 Å². The third-order valence-corrected chi connectivity index (χ3v) is 6.85. The summed E-state index contributed by atoms with van der Waals surface area (Å²) in [5.74, 6) is 0.244. The van der Waals surface area contributed by atoms with Gasteiger partial charge in [-0.05, 0) is 67.6 Å². The summed E-state index contributed by atoms with van der Waals surface area (Å²) in [6.45, 7) is 4.99. The Labute approximate surface area is 191 Å². The molecule has 0 saturated carbocycles. The van der Waals surface area contributed by atoms with Crippen molar-refractivity contribution in [1.29, 1.82) is 0 Å². The highest BCUT2D eigenvalue weighted by Gasteiger charge is 2.42. The third-order valence-electron chi connectivity index (χ3n) is 6.85. The second-order valence-corrected chi connectivity index (χ2v) is 9.26. The van der Waals surface area contributed by atoms with Gasteiger partial charge in [-0.3, -0.25) is 14.7 Å². The van der Waals surface area contributed by atoms with Gasteiger partial charge in [0.25, 0.3) is 0 Å². The molecule has 2 aromatic carbocycles. The summed E-state index contributed by atoms with van der Waals surface area (Å²) < 4.78 is 0. The number of rotatable bonds is 6. The van der Waals surface area contributed by atoms with E-state index < -0.39 is 0 Å². The highest BCUT2D eigenvalue weighted by Crippen LogP contribution is 2.39. The number of piperidine rings is 1. The number of amides is 1. The lowest BCUT2D eigenvalue weighted by Crippen LogP contribution is -2.49. The molecule has 2 heterocycles. The zero-order chi connectivity index (χ0) is 22.6. The predicted molar refractivity (Wildman–Crippen MR) is 130 cm³/mol. The van der Waals surface area contributed by atoms with E-state index in [4.69, 9.17) is 0 Å². The summed E-state index contributed by atoms with van der Waals surface area (Å²) in [4.78, 5) is 22.1. The third kappa shape index (κ3) is 4.76. The molecule has 32 heavy (non-hydrogen) atoms. The van der Waals surface area contributed by atoms with Crippen LogP contribution in [-0.2, 0) is 17.8 Å². The summed E-state index contributed by atoms with van der Waals surface area (Å²) in [5, 5.41) is 0. The van der Waals surface area contributed by atoms with Crippen LogP contribution in [0.3, 0.4) is 0 Å². The van der Waals surface area contributed by atoms with E-state index in [0.717, 1.165) is 44.5 Å². The molecular formula is C28H33N3O. The number of aromatic nitrogens is 1. The monoisotopic (exact) mass is 427 g/mol. The molecular weight excluding hydrogens is 394 g/mol. The Morgan fingerprint density at radius 1 is 0.969 bits per heavy atom. The van der Waals surface area contributed by atoms with Gasteiger partial charge in [0.1, 0.15) is 0 Å². The lowest BCUT2D eigenvalue weighted by Gasteiger charge is -2.42. The number of nitrogens with zero attached hydrogens (tertiary/aromatic N) is 3. The lowest BCUT2D eigenvalue weighted by atomic mass is 9.71. The molecule has 1 saturated heterocycles. The highest BCUT2D eigenvalue weighted by atomic mass is 16.2. The minimum Gasteiger partial charge on any atom is -0.348 e. The Morgan fingerprint density at radius 2 is 1.66 bits per heavy atom.